The van der Waals surface area contributed by atoms with Crippen molar-refractivity contribution in [3.8, 4) is 0 Å². The molecule has 7 nitrogen and oxygen atoms in total. The summed E-state index contributed by atoms with van der Waals surface area (Å²) < 4.78 is 5.24. The topological polar surface area (TPSA) is 92.8 Å². The molecule has 4 rings (SSSR count). The van der Waals surface area contributed by atoms with Crippen molar-refractivity contribution in [1.82, 2.24) is 4.90 Å². The number of anilines is 1. The van der Waals surface area contributed by atoms with Crippen LogP contribution in [0.1, 0.15) is 38.7 Å². The highest BCUT2D eigenvalue weighted by atomic mass is 16.5. The smallest absolute Gasteiger partial charge is 0.330 e. The van der Waals surface area contributed by atoms with Gasteiger partial charge in [-0.25, -0.2) is 4.79 Å². The standard InChI is InChI=1S/C23H28N2O5/c1-12(2)20(23(29)30-11-17(26)24-16-7-5-4-6-13(16)3)25-21(27)18-14-8-9-15(10-14)19(18)22(25)28/h4-7,12,14-15,18-20H,8-11H2,1-3H3,(H,24,26)/t14-,15-,18-,19-,20-/m0/s1. The number of nitrogens with one attached hydrogen (secondary N) is 1. The molecule has 2 aliphatic carbocycles. The summed E-state index contributed by atoms with van der Waals surface area (Å²) in [5.74, 6) is -2.01. The van der Waals surface area contributed by atoms with Crippen LogP contribution in [0, 0.1) is 36.5 Å². The Bertz CT molecular complexity index is 867. The van der Waals surface area contributed by atoms with Crippen LogP contribution in [0.2, 0.25) is 0 Å². The summed E-state index contributed by atoms with van der Waals surface area (Å²) in [4.78, 5) is 52.4. The van der Waals surface area contributed by atoms with E-state index in [9.17, 15) is 19.2 Å². The third-order valence-corrected chi connectivity index (χ3v) is 6.88. The number of carbonyl (C=O) groups excluding carboxylic acids is 4. The lowest BCUT2D eigenvalue weighted by atomic mass is 9.81. The van der Waals surface area contributed by atoms with E-state index in [1.165, 1.54) is 0 Å². The van der Waals surface area contributed by atoms with Crippen molar-refractivity contribution in [2.45, 2.75) is 46.1 Å². The first-order chi connectivity index (χ1) is 14.3. The van der Waals surface area contributed by atoms with E-state index in [1.54, 1.807) is 26.0 Å². The molecule has 1 saturated heterocycles. The summed E-state index contributed by atoms with van der Waals surface area (Å²) >= 11 is 0. The maximum atomic E-state index is 13.1. The molecule has 0 aromatic heterocycles. The number of aryl methyl sites for hydroxylation is 1. The first kappa shape index (κ1) is 20.6. The van der Waals surface area contributed by atoms with E-state index in [1.807, 2.05) is 19.1 Å². The van der Waals surface area contributed by atoms with Gasteiger partial charge in [-0.3, -0.25) is 19.3 Å². The predicted octanol–water partition coefficient (Wildman–Crippen LogP) is 2.53. The molecule has 2 saturated carbocycles. The molecule has 160 valence electrons. The normalized spacial score (nSPS) is 28.1. The Morgan fingerprint density at radius 2 is 1.70 bits per heavy atom. The van der Waals surface area contributed by atoms with E-state index in [0.717, 1.165) is 29.7 Å². The van der Waals surface area contributed by atoms with Crippen LogP contribution in [0.25, 0.3) is 0 Å². The molecule has 0 radical (unpaired) electrons. The molecule has 1 aromatic carbocycles. The predicted molar refractivity (Wildman–Crippen MR) is 109 cm³/mol. The monoisotopic (exact) mass is 412 g/mol. The number of hydrogen-bond acceptors (Lipinski definition) is 5. The van der Waals surface area contributed by atoms with Crippen LogP contribution in [0.5, 0.6) is 0 Å². The fraction of sp³-hybridized carbons (Fsp3) is 0.565. The molecule has 3 amide bonds. The maximum absolute atomic E-state index is 13.1. The fourth-order valence-corrected chi connectivity index (χ4v) is 5.50. The third-order valence-electron chi connectivity index (χ3n) is 6.88. The Morgan fingerprint density at radius 1 is 1.10 bits per heavy atom. The number of para-hydroxylation sites is 1. The van der Waals surface area contributed by atoms with E-state index in [0.29, 0.717) is 5.69 Å². The molecule has 7 heteroatoms. The van der Waals surface area contributed by atoms with Gasteiger partial charge >= 0.3 is 5.97 Å². The molecule has 3 aliphatic rings. The number of fused-ring (bicyclic) bond motifs is 5. The van der Waals surface area contributed by atoms with Crippen molar-refractivity contribution < 1.29 is 23.9 Å². The Kier molecular flexibility index (Phi) is 5.38. The van der Waals surface area contributed by atoms with Crippen LogP contribution in [0.3, 0.4) is 0 Å². The quantitative estimate of drug-likeness (QED) is 0.573. The molecule has 0 unspecified atom stereocenters. The Balaban J connectivity index is 1.42. The third kappa shape index (κ3) is 3.40. The zero-order valence-electron chi connectivity index (χ0n) is 17.6. The summed E-state index contributed by atoms with van der Waals surface area (Å²) in [6.45, 7) is 4.96. The first-order valence-electron chi connectivity index (χ1n) is 10.7. The lowest BCUT2D eigenvalue weighted by Gasteiger charge is -2.28. The van der Waals surface area contributed by atoms with Gasteiger partial charge in [0, 0.05) is 5.69 Å². The van der Waals surface area contributed by atoms with E-state index in [-0.39, 0.29) is 41.4 Å². The molecule has 1 aliphatic heterocycles. The van der Waals surface area contributed by atoms with Gasteiger partial charge in [0.25, 0.3) is 5.91 Å². The first-order valence-corrected chi connectivity index (χ1v) is 10.7. The van der Waals surface area contributed by atoms with Gasteiger partial charge in [0.1, 0.15) is 6.04 Å². The van der Waals surface area contributed by atoms with E-state index in [4.69, 9.17) is 4.74 Å². The van der Waals surface area contributed by atoms with Crippen LogP contribution in [-0.2, 0) is 23.9 Å². The number of rotatable bonds is 6. The number of ether oxygens (including phenoxy) is 1. The van der Waals surface area contributed by atoms with E-state index in [2.05, 4.69) is 5.32 Å². The van der Waals surface area contributed by atoms with Crippen molar-refractivity contribution in [2.75, 3.05) is 11.9 Å². The lowest BCUT2D eigenvalue weighted by Crippen LogP contribution is -2.50. The van der Waals surface area contributed by atoms with Gasteiger partial charge in [-0.15, -0.1) is 0 Å². The molecule has 2 bridgehead atoms. The highest BCUT2D eigenvalue weighted by Gasteiger charge is 2.62. The van der Waals surface area contributed by atoms with Crippen LogP contribution >= 0.6 is 0 Å². The fourth-order valence-electron chi connectivity index (χ4n) is 5.50. The summed E-state index contributed by atoms with van der Waals surface area (Å²) in [7, 11) is 0. The molecule has 1 N–H and O–H groups in total. The van der Waals surface area contributed by atoms with Crippen LogP contribution in [0.15, 0.2) is 24.3 Å². The highest BCUT2D eigenvalue weighted by Crippen LogP contribution is 2.56. The van der Waals surface area contributed by atoms with E-state index >= 15 is 0 Å². The zero-order valence-corrected chi connectivity index (χ0v) is 17.6. The van der Waals surface area contributed by atoms with Crippen molar-refractivity contribution in [1.29, 1.82) is 0 Å². The van der Waals surface area contributed by atoms with Crippen molar-refractivity contribution >= 4 is 29.4 Å². The molecule has 3 fully saturated rings. The molecular formula is C23H28N2O5. The molecule has 30 heavy (non-hydrogen) atoms. The number of amides is 3. The average Bonchev–Trinajstić information content (AvgIpc) is 3.38. The van der Waals surface area contributed by atoms with Crippen molar-refractivity contribution in [3.63, 3.8) is 0 Å². The summed E-state index contributed by atoms with van der Waals surface area (Å²) in [6.07, 6.45) is 2.90. The Hall–Kier alpha value is -2.70. The molecule has 0 spiro atoms. The van der Waals surface area contributed by atoms with Gasteiger partial charge in [-0.05, 0) is 55.6 Å². The second kappa shape index (κ2) is 7.85. The number of carbonyl (C=O) groups is 4. The van der Waals surface area contributed by atoms with E-state index < -0.39 is 24.5 Å². The number of benzene rings is 1. The molecule has 1 aromatic rings. The van der Waals surface area contributed by atoms with Crippen molar-refractivity contribution in [2.24, 2.45) is 29.6 Å². The number of likely N-dealkylation sites (tertiary alicyclic amines) is 1. The van der Waals surface area contributed by atoms with Gasteiger partial charge < -0.3 is 10.1 Å². The Morgan fingerprint density at radius 3 is 2.27 bits per heavy atom. The van der Waals surface area contributed by atoms with Gasteiger partial charge in [-0.2, -0.15) is 0 Å². The number of esters is 1. The summed E-state index contributed by atoms with van der Waals surface area (Å²) in [5.41, 5.74) is 1.54. The van der Waals surface area contributed by atoms with Gasteiger partial charge in [0.2, 0.25) is 11.8 Å². The SMILES string of the molecule is Cc1ccccc1NC(=O)COC(=O)[C@H](C(C)C)N1C(=O)[C@H]2[C@H]3CC[C@@H](C3)[C@@H]2C1=O. The summed E-state index contributed by atoms with van der Waals surface area (Å²) in [5, 5.41) is 2.71. The minimum Gasteiger partial charge on any atom is -0.454 e. The second-order valence-corrected chi connectivity index (χ2v) is 9.09. The van der Waals surface area contributed by atoms with Crippen LogP contribution in [0.4, 0.5) is 5.69 Å². The number of hydrogen-bond donors (Lipinski definition) is 1. The molecule has 5 atom stereocenters. The second-order valence-electron chi connectivity index (χ2n) is 9.09. The van der Waals surface area contributed by atoms with Gasteiger partial charge in [-0.1, -0.05) is 32.0 Å². The number of imide groups is 1. The summed E-state index contributed by atoms with van der Waals surface area (Å²) in [6, 6.07) is 6.30. The lowest BCUT2D eigenvalue weighted by molar-refractivity contribution is -0.162. The van der Waals surface area contributed by atoms with Crippen LogP contribution in [-0.4, -0.2) is 41.2 Å². The Labute approximate surface area is 176 Å². The highest BCUT2D eigenvalue weighted by molar-refractivity contribution is 6.08. The average molecular weight is 412 g/mol. The molecular weight excluding hydrogens is 384 g/mol. The van der Waals surface area contributed by atoms with Crippen molar-refractivity contribution in [3.05, 3.63) is 29.8 Å². The minimum absolute atomic E-state index is 0.239. The van der Waals surface area contributed by atoms with Gasteiger partial charge in [0.15, 0.2) is 6.61 Å². The molecule has 1 heterocycles. The minimum atomic E-state index is -0.999. The largest absolute Gasteiger partial charge is 0.454 e. The van der Waals surface area contributed by atoms with Gasteiger partial charge in [0.05, 0.1) is 11.8 Å². The van der Waals surface area contributed by atoms with Crippen LogP contribution < -0.4 is 5.32 Å². The zero-order chi connectivity index (χ0) is 21.6. The maximum Gasteiger partial charge on any atom is 0.330 e. The number of nitrogens with zero attached hydrogens (tertiary/aromatic N) is 1.